The third-order valence-electron chi connectivity index (χ3n) is 3.44. The van der Waals surface area contributed by atoms with E-state index in [1.54, 1.807) is 0 Å². The maximum Gasteiger partial charge on any atom is 0.413 e. The van der Waals surface area contributed by atoms with Gasteiger partial charge in [-0.2, -0.15) is 26.3 Å². The molecule has 1 rings (SSSR count). The number of hydrogen-bond acceptors (Lipinski definition) is 4. The summed E-state index contributed by atoms with van der Waals surface area (Å²) in [5.74, 6) is -4.47. The van der Waals surface area contributed by atoms with Crippen LogP contribution in [0.4, 0.5) is 32.0 Å². The number of nitro groups is 1. The molecule has 0 aromatic heterocycles. The number of carboxylic acids is 1. The molecule has 0 fully saturated rings. The molecule has 25 heavy (non-hydrogen) atoms. The van der Waals surface area contributed by atoms with Crippen LogP contribution in [0.3, 0.4) is 0 Å². The van der Waals surface area contributed by atoms with Crippen molar-refractivity contribution in [3.05, 3.63) is 39.9 Å². The monoisotopic (exact) mass is 373 g/mol. The molecule has 0 unspecified atom stereocenters. The van der Waals surface area contributed by atoms with E-state index in [1.165, 1.54) is 0 Å². The average molecular weight is 373 g/mol. The third-order valence-corrected chi connectivity index (χ3v) is 3.44. The van der Waals surface area contributed by atoms with E-state index in [1.807, 2.05) is 0 Å². The van der Waals surface area contributed by atoms with Crippen molar-refractivity contribution in [2.24, 2.45) is 5.41 Å². The summed E-state index contributed by atoms with van der Waals surface area (Å²) in [6.07, 6.45) is -15.9. The third kappa shape index (κ3) is 3.88. The van der Waals surface area contributed by atoms with Crippen molar-refractivity contribution in [2.75, 3.05) is 0 Å². The number of nitrogens with zero attached hydrogens (tertiary/aromatic N) is 1. The Morgan fingerprint density at radius 1 is 1.08 bits per heavy atom. The Balaban J connectivity index is 3.17. The molecule has 0 saturated carbocycles. The normalized spacial score (nSPS) is 12.7. The quantitative estimate of drug-likeness (QED) is 0.354. The van der Waals surface area contributed by atoms with Gasteiger partial charge in [0.15, 0.2) is 5.78 Å². The van der Waals surface area contributed by atoms with Crippen LogP contribution in [0.25, 0.3) is 0 Å². The highest BCUT2D eigenvalue weighted by atomic mass is 19.4. The number of Topliss-reactive ketones (excluding diaryl/α,β-unsaturated/α-hetero) is 1. The number of aliphatic carboxylic acids is 1. The fraction of sp³-hybridized carbons (Fsp3) is 0.385. The van der Waals surface area contributed by atoms with Gasteiger partial charge in [-0.1, -0.05) is 12.1 Å². The number of nitro benzene ring substituents is 1. The van der Waals surface area contributed by atoms with Crippen molar-refractivity contribution >= 4 is 17.4 Å². The van der Waals surface area contributed by atoms with Crippen LogP contribution in [0.15, 0.2) is 24.3 Å². The molecule has 1 aromatic carbocycles. The van der Waals surface area contributed by atoms with Crippen LogP contribution in [-0.2, 0) is 4.79 Å². The molecule has 12 heteroatoms. The Morgan fingerprint density at radius 2 is 1.60 bits per heavy atom. The second-order valence-corrected chi connectivity index (χ2v) is 4.94. The first-order valence-electron chi connectivity index (χ1n) is 6.38. The zero-order valence-electron chi connectivity index (χ0n) is 12.0. The summed E-state index contributed by atoms with van der Waals surface area (Å²) in [4.78, 5) is 32.2. The minimum absolute atomic E-state index is 0.502. The van der Waals surface area contributed by atoms with Gasteiger partial charge >= 0.3 is 18.3 Å². The molecular formula is C13H9F6NO5. The Hall–Kier alpha value is -2.66. The lowest BCUT2D eigenvalue weighted by Crippen LogP contribution is -2.55. The molecule has 0 aliphatic rings. The Labute approximate surface area is 135 Å². The highest BCUT2D eigenvalue weighted by Crippen LogP contribution is 2.53. The minimum Gasteiger partial charge on any atom is -0.480 e. The summed E-state index contributed by atoms with van der Waals surface area (Å²) in [7, 11) is 0. The van der Waals surface area contributed by atoms with E-state index in [0.29, 0.717) is 6.07 Å². The molecule has 138 valence electrons. The zero-order valence-corrected chi connectivity index (χ0v) is 12.0. The van der Waals surface area contributed by atoms with Crippen molar-refractivity contribution in [1.82, 2.24) is 0 Å². The van der Waals surface area contributed by atoms with Crippen LogP contribution in [0, 0.1) is 15.5 Å². The smallest absolute Gasteiger partial charge is 0.413 e. The van der Waals surface area contributed by atoms with E-state index < -0.39 is 58.5 Å². The van der Waals surface area contributed by atoms with Crippen LogP contribution in [0.2, 0.25) is 0 Å². The Bertz CT molecular complexity index is 683. The van der Waals surface area contributed by atoms with E-state index in [4.69, 9.17) is 5.11 Å². The first-order valence-corrected chi connectivity index (χ1v) is 6.38. The fourth-order valence-corrected chi connectivity index (χ4v) is 2.03. The van der Waals surface area contributed by atoms with Crippen molar-refractivity contribution in [3.8, 4) is 0 Å². The van der Waals surface area contributed by atoms with Crippen LogP contribution in [0.5, 0.6) is 0 Å². The second kappa shape index (κ2) is 6.69. The SMILES string of the molecule is O=C(CCC(C(=O)O)(C(F)(F)F)C(F)(F)F)c1cccc([N+](=O)[O-])c1. The number of hydrogen-bond donors (Lipinski definition) is 1. The summed E-state index contributed by atoms with van der Waals surface area (Å²) in [6.45, 7) is 0. The number of ketones is 1. The molecular weight excluding hydrogens is 364 g/mol. The lowest BCUT2D eigenvalue weighted by atomic mass is 9.80. The fourth-order valence-electron chi connectivity index (χ4n) is 2.03. The van der Waals surface area contributed by atoms with Gasteiger partial charge in [0.25, 0.3) is 11.1 Å². The molecule has 0 atom stereocenters. The molecule has 0 radical (unpaired) electrons. The molecule has 0 aliphatic heterocycles. The van der Waals surface area contributed by atoms with E-state index in [0.717, 1.165) is 18.2 Å². The second-order valence-electron chi connectivity index (χ2n) is 4.94. The van der Waals surface area contributed by atoms with E-state index >= 15 is 0 Å². The maximum absolute atomic E-state index is 12.8. The number of carboxylic acid groups (broad SMARTS) is 1. The van der Waals surface area contributed by atoms with Crippen molar-refractivity contribution in [2.45, 2.75) is 25.2 Å². The van der Waals surface area contributed by atoms with E-state index in [-0.39, 0.29) is 0 Å². The van der Waals surface area contributed by atoms with Crippen molar-refractivity contribution < 1.29 is 46.0 Å². The average Bonchev–Trinajstić information content (AvgIpc) is 2.44. The zero-order chi connectivity index (χ0) is 19.6. The van der Waals surface area contributed by atoms with Gasteiger partial charge in [-0.3, -0.25) is 19.7 Å². The lowest BCUT2D eigenvalue weighted by Gasteiger charge is -2.33. The number of non-ortho nitro benzene ring substituents is 1. The molecule has 1 N–H and O–H groups in total. The molecule has 0 heterocycles. The summed E-state index contributed by atoms with van der Waals surface area (Å²) in [5, 5.41) is 19.1. The lowest BCUT2D eigenvalue weighted by molar-refractivity contribution is -0.384. The number of carbonyl (C=O) groups excluding carboxylic acids is 1. The van der Waals surface area contributed by atoms with Gasteiger partial charge in [0.2, 0.25) is 0 Å². The number of carbonyl (C=O) groups is 2. The highest BCUT2D eigenvalue weighted by Gasteiger charge is 2.75. The van der Waals surface area contributed by atoms with E-state index in [2.05, 4.69) is 0 Å². The first-order chi connectivity index (χ1) is 11.2. The topological polar surface area (TPSA) is 97.5 Å². The first kappa shape index (κ1) is 20.4. The van der Waals surface area contributed by atoms with Crippen molar-refractivity contribution in [1.29, 1.82) is 0 Å². The molecule has 1 aromatic rings. The summed E-state index contributed by atoms with van der Waals surface area (Å²) in [5.41, 5.74) is -6.21. The van der Waals surface area contributed by atoms with Gasteiger partial charge in [0.05, 0.1) is 4.92 Å². The molecule has 0 aliphatic carbocycles. The number of rotatable bonds is 6. The van der Waals surface area contributed by atoms with Crippen LogP contribution < -0.4 is 0 Å². The van der Waals surface area contributed by atoms with Gasteiger partial charge in [-0.25, -0.2) is 0 Å². The molecule has 0 saturated heterocycles. The van der Waals surface area contributed by atoms with Gasteiger partial charge < -0.3 is 5.11 Å². The van der Waals surface area contributed by atoms with Gasteiger partial charge in [0.1, 0.15) is 0 Å². The maximum atomic E-state index is 12.8. The standard InChI is InChI=1S/C13H9F6NO5/c14-12(15,16)11(10(22)23,13(17,18)19)5-4-9(21)7-2-1-3-8(6-7)20(24)25/h1-3,6H,4-5H2,(H,22,23). The Kier molecular flexibility index (Phi) is 5.45. The Morgan fingerprint density at radius 3 is 2.00 bits per heavy atom. The van der Waals surface area contributed by atoms with Crippen molar-refractivity contribution in [3.63, 3.8) is 0 Å². The summed E-state index contributed by atoms with van der Waals surface area (Å²) in [6, 6.07) is 3.61. The highest BCUT2D eigenvalue weighted by molar-refractivity contribution is 5.97. The molecule has 0 bridgehead atoms. The number of halogens is 6. The van der Waals surface area contributed by atoms with Crippen LogP contribution >= 0.6 is 0 Å². The van der Waals surface area contributed by atoms with E-state index in [9.17, 15) is 46.0 Å². The van der Waals surface area contributed by atoms with Crippen LogP contribution in [-0.4, -0.2) is 34.1 Å². The van der Waals surface area contributed by atoms with Gasteiger partial charge in [0, 0.05) is 24.1 Å². The molecule has 0 spiro atoms. The predicted molar refractivity (Wildman–Crippen MR) is 68.8 cm³/mol. The predicted octanol–water partition coefficient (Wildman–Crippen LogP) is 3.75. The van der Waals surface area contributed by atoms with Gasteiger partial charge in [-0.05, 0) is 6.42 Å². The molecule has 0 amide bonds. The summed E-state index contributed by atoms with van der Waals surface area (Å²) < 4.78 is 77.1. The number of alkyl halides is 6. The summed E-state index contributed by atoms with van der Waals surface area (Å²) >= 11 is 0. The number of benzene rings is 1. The van der Waals surface area contributed by atoms with Crippen LogP contribution in [0.1, 0.15) is 23.2 Å². The van der Waals surface area contributed by atoms with Gasteiger partial charge in [-0.15, -0.1) is 0 Å². The largest absolute Gasteiger partial charge is 0.480 e. The molecule has 6 nitrogen and oxygen atoms in total. The minimum atomic E-state index is -6.19.